The van der Waals surface area contributed by atoms with Crippen molar-refractivity contribution in [2.75, 3.05) is 13.1 Å². The summed E-state index contributed by atoms with van der Waals surface area (Å²) in [5.41, 5.74) is 1.53. The highest BCUT2D eigenvalue weighted by Gasteiger charge is 2.26. The van der Waals surface area contributed by atoms with E-state index in [0.29, 0.717) is 49.0 Å². The van der Waals surface area contributed by atoms with Crippen LogP contribution in [0.4, 0.5) is 0 Å². The number of carbonyl (C=O) groups excluding carboxylic acids is 2. The average Bonchev–Trinajstić information content (AvgIpc) is 3.39. The summed E-state index contributed by atoms with van der Waals surface area (Å²) in [6, 6.07) is 13.0. The molecule has 1 fully saturated rings. The molecule has 2 amide bonds. The van der Waals surface area contributed by atoms with Crippen LogP contribution in [0.15, 0.2) is 57.6 Å². The molecule has 1 aliphatic heterocycles. The predicted octanol–water partition coefficient (Wildman–Crippen LogP) is 3.21. The Bertz CT molecular complexity index is 971. The van der Waals surface area contributed by atoms with E-state index < -0.39 is 0 Å². The van der Waals surface area contributed by atoms with Crippen molar-refractivity contribution in [3.8, 4) is 11.5 Å². The number of oxazole rings is 1. The Hall–Kier alpha value is -3.35. The fourth-order valence-electron chi connectivity index (χ4n) is 3.51. The van der Waals surface area contributed by atoms with Gasteiger partial charge in [0.25, 0.3) is 5.91 Å². The van der Waals surface area contributed by atoms with Crippen molar-refractivity contribution in [3.63, 3.8) is 0 Å². The molecule has 29 heavy (non-hydrogen) atoms. The second-order valence-electron chi connectivity index (χ2n) is 7.18. The van der Waals surface area contributed by atoms with Gasteiger partial charge in [-0.1, -0.05) is 18.2 Å². The molecule has 0 bridgehead atoms. The predicted molar refractivity (Wildman–Crippen MR) is 106 cm³/mol. The Labute approximate surface area is 168 Å². The minimum absolute atomic E-state index is 0.0453. The molecule has 2 aromatic heterocycles. The third kappa shape index (κ3) is 4.39. The molecule has 0 saturated carbocycles. The molecule has 0 unspecified atom stereocenters. The van der Waals surface area contributed by atoms with Crippen molar-refractivity contribution >= 4 is 11.8 Å². The second kappa shape index (κ2) is 8.34. The molecule has 150 valence electrons. The van der Waals surface area contributed by atoms with Crippen LogP contribution in [0.5, 0.6) is 0 Å². The van der Waals surface area contributed by atoms with Gasteiger partial charge in [0.1, 0.15) is 5.76 Å². The van der Waals surface area contributed by atoms with E-state index in [1.165, 1.54) is 6.26 Å². The van der Waals surface area contributed by atoms with Gasteiger partial charge in [0.05, 0.1) is 18.4 Å². The van der Waals surface area contributed by atoms with Gasteiger partial charge in [0.2, 0.25) is 11.8 Å². The lowest BCUT2D eigenvalue weighted by Gasteiger charge is -2.31. The van der Waals surface area contributed by atoms with Crippen molar-refractivity contribution in [1.29, 1.82) is 0 Å². The van der Waals surface area contributed by atoms with E-state index in [2.05, 4.69) is 10.3 Å². The summed E-state index contributed by atoms with van der Waals surface area (Å²) in [5, 5.41) is 3.06. The minimum atomic E-state index is -0.105. The first kappa shape index (κ1) is 19.0. The maximum Gasteiger partial charge on any atom is 0.289 e. The van der Waals surface area contributed by atoms with Crippen LogP contribution in [0, 0.1) is 6.92 Å². The zero-order valence-corrected chi connectivity index (χ0v) is 16.3. The zero-order valence-electron chi connectivity index (χ0n) is 16.3. The van der Waals surface area contributed by atoms with Gasteiger partial charge in [-0.05, 0) is 44.0 Å². The number of piperidine rings is 1. The molecular formula is C22H23N3O4. The number of nitrogens with zero attached hydrogens (tertiary/aromatic N) is 2. The molecule has 1 saturated heterocycles. The van der Waals surface area contributed by atoms with Gasteiger partial charge in [0.15, 0.2) is 5.76 Å². The molecule has 1 aliphatic rings. The fourth-order valence-corrected chi connectivity index (χ4v) is 3.51. The van der Waals surface area contributed by atoms with Gasteiger partial charge >= 0.3 is 0 Å². The standard InChI is InChI=1S/C22H23N3O4/c1-15-18(24-21(29-15)16-6-3-2-4-7-16)14-20(26)23-17-9-11-25(12-10-17)22(27)19-8-5-13-28-19/h2-8,13,17H,9-12,14H2,1H3,(H,23,26). The lowest BCUT2D eigenvalue weighted by molar-refractivity contribution is -0.121. The molecule has 0 radical (unpaired) electrons. The van der Waals surface area contributed by atoms with Crippen molar-refractivity contribution in [2.24, 2.45) is 0 Å². The Morgan fingerprint density at radius 2 is 1.90 bits per heavy atom. The van der Waals surface area contributed by atoms with Gasteiger partial charge < -0.3 is 19.1 Å². The number of aromatic nitrogens is 1. The number of carbonyl (C=O) groups is 2. The maximum absolute atomic E-state index is 12.5. The van der Waals surface area contributed by atoms with Crippen LogP contribution < -0.4 is 5.32 Å². The third-order valence-corrected chi connectivity index (χ3v) is 5.12. The van der Waals surface area contributed by atoms with Gasteiger partial charge in [-0.3, -0.25) is 9.59 Å². The Kier molecular flexibility index (Phi) is 5.46. The first-order chi connectivity index (χ1) is 14.1. The Morgan fingerprint density at radius 1 is 1.14 bits per heavy atom. The summed E-state index contributed by atoms with van der Waals surface area (Å²) < 4.78 is 10.9. The lowest BCUT2D eigenvalue weighted by Crippen LogP contribution is -2.46. The number of benzene rings is 1. The summed E-state index contributed by atoms with van der Waals surface area (Å²) in [7, 11) is 0. The van der Waals surface area contributed by atoms with E-state index in [1.54, 1.807) is 17.0 Å². The van der Waals surface area contributed by atoms with Crippen LogP contribution in [-0.2, 0) is 11.2 Å². The smallest absolute Gasteiger partial charge is 0.289 e. The number of hydrogen-bond acceptors (Lipinski definition) is 5. The second-order valence-corrected chi connectivity index (χ2v) is 7.18. The van der Waals surface area contributed by atoms with E-state index in [4.69, 9.17) is 8.83 Å². The highest BCUT2D eigenvalue weighted by molar-refractivity contribution is 5.91. The number of amides is 2. The van der Waals surface area contributed by atoms with Gasteiger partial charge in [-0.2, -0.15) is 0 Å². The van der Waals surface area contributed by atoms with Crippen LogP contribution in [-0.4, -0.2) is 40.8 Å². The molecule has 0 atom stereocenters. The van der Waals surface area contributed by atoms with Crippen LogP contribution in [0.25, 0.3) is 11.5 Å². The largest absolute Gasteiger partial charge is 0.459 e. The SMILES string of the molecule is Cc1oc(-c2ccccc2)nc1CC(=O)NC1CCN(C(=O)c2ccco2)CC1. The fraction of sp³-hybridized carbons (Fsp3) is 0.318. The summed E-state index contributed by atoms with van der Waals surface area (Å²) in [6.45, 7) is 3.00. The molecule has 0 aliphatic carbocycles. The topological polar surface area (TPSA) is 88.6 Å². The summed E-state index contributed by atoms with van der Waals surface area (Å²) >= 11 is 0. The quantitative estimate of drug-likeness (QED) is 0.719. The number of nitrogens with one attached hydrogen (secondary N) is 1. The van der Waals surface area contributed by atoms with Crippen molar-refractivity contribution in [2.45, 2.75) is 32.2 Å². The number of aryl methyl sites for hydroxylation is 1. The van der Waals surface area contributed by atoms with E-state index in [-0.39, 0.29) is 24.3 Å². The van der Waals surface area contributed by atoms with E-state index in [9.17, 15) is 9.59 Å². The summed E-state index contributed by atoms with van der Waals surface area (Å²) in [6.07, 6.45) is 3.10. The van der Waals surface area contributed by atoms with Crippen LogP contribution >= 0.6 is 0 Å². The van der Waals surface area contributed by atoms with Gasteiger partial charge in [-0.25, -0.2) is 4.98 Å². The monoisotopic (exact) mass is 393 g/mol. The van der Waals surface area contributed by atoms with E-state index in [0.717, 1.165) is 5.56 Å². The Morgan fingerprint density at radius 3 is 2.59 bits per heavy atom. The maximum atomic E-state index is 12.5. The highest BCUT2D eigenvalue weighted by atomic mass is 16.4. The van der Waals surface area contributed by atoms with Crippen molar-refractivity contribution in [1.82, 2.24) is 15.2 Å². The molecule has 0 spiro atoms. The van der Waals surface area contributed by atoms with Gasteiger partial charge in [0, 0.05) is 24.7 Å². The van der Waals surface area contributed by atoms with E-state index in [1.807, 2.05) is 37.3 Å². The first-order valence-corrected chi connectivity index (χ1v) is 9.74. The zero-order chi connectivity index (χ0) is 20.2. The average molecular weight is 393 g/mol. The highest BCUT2D eigenvalue weighted by Crippen LogP contribution is 2.22. The molecule has 1 aromatic carbocycles. The first-order valence-electron chi connectivity index (χ1n) is 9.74. The molecule has 4 rings (SSSR count). The number of rotatable bonds is 5. The number of furan rings is 1. The normalized spacial score (nSPS) is 14.7. The summed E-state index contributed by atoms with van der Waals surface area (Å²) in [5.74, 6) is 1.33. The van der Waals surface area contributed by atoms with Crippen LogP contribution in [0.2, 0.25) is 0 Å². The van der Waals surface area contributed by atoms with Crippen molar-refractivity contribution < 1.29 is 18.4 Å². The Balaban J connectivity index is 1.30. The van der Waals surface area contributed by atoms with Gasteiger partial charge in [-0.15, -0.1) is 0 Å². The lowest BCUT2D eigenvalue weighted by atomic mass is 10.0. The van der Waals surface area contributed by atoms with Crippen LogP contribution in [0.1, 0.15) is 34.9 Å². The minimum Gasteiger partial charge on any atom is -0.459 e. The van der Waals surface area contributed by atoms with Crippen molar-refractivity contribution in [3.05, 3.63) is 65.9 Å². The molecule has 3 heterocycles. The number of likely N-dealkylation sites (tertiary alicyclic amines) is 1. The third-order valence-electron chi connectivity index (χ3n) is 5.12. The molecular weight excluding hydrogens is 370 g/mol. The molecule has 3 aromatic rings. The number of hydrogen-bond donors (Lipinski definition) is 1. The van der Waals surface area contributed by atoms with Crippen LogP contribution in [0.3, 0.4) is 0 Å². The molecule has 7 nitrogen and oxygen atoms in total. The molecule has 1 N–H and O–H groups in total. The van der Waals surface area contributed by atoms with E-state index >= 15 is 0 Å². The summed E-state index contributed by atoms with van der Waals surface area (Å²) in [4.78, 5) is 31.1. The molecule has 7 heteroatoms.